The molecule has 0 radical (unpaired) electrons. The maximum Gasteiger partial charge on any atom is 0.362 e. The molecular weight excluding hydrogens is 295 g/mol. The summed E-state index contributed by atoms with van der Waals surface area (Å²) in [6.07, 6.45) is -0.347. The molecule has 112 valence electrons. The topological polar surface area (TPSA) is 107 Å². The van der Waals surface area contributed by atoms with Crippen LogP contribution in [0.5, 0.6) is 0 Å². The third-order valence-corrected chi connectivity index (χ3v) is 5.64. The molecule has 2 saturated carbocycles. The van der Waals surface area contributed by atoms with Gasteiger partial charge in [-0.3, -0.25) is 9.35 Å². The fourth-order valence-corrected chi connectivity index (χ4v) is 3.66. The lowest BCUT2D eigenvalue weighted by atomic mass is 9.88. The van der Waals surface area contributed by atoms with Crippen LogP contribution >= 0.6 is 0 Å². The number of ether oxygens (including phenoxy) is 2. The van der Waals surface area contributed by atoms with Gasteiger partial charge in [0, 0.05) is 11.8 Å². The van der Waals surface area contributed by atoms with E-state index in [0.29, 0.717) is 19.8 Å². The average Bonchev–Trinajstić information content (AvgIpc) is 2.91. The van der Waals surface area contributed by atoms with Gasteiger partial charge < -0.3 is 9.47 Å². The van der Waals surface area contributed by atoms with Crippen LogP contribution in [-0.2, 0) is 29.2 Å². The van der Waals surface area contributed by atoms with E-state index in [0.717, 1.165) is 0 Å². The number of halogens is 1. The molecule has 0 aromatic heterocycles. The molecule has 0 spiro atoms. The summed E-state index contributed by atoms with van der Waals surface area (Å²) in [5.74, 6) is -2.42. The van der Waals surface area contributed by atoms with Crippen molar-refractivity contribution in [3.63, 3.8) is 0 Å². The molecule has 3 rings (SSSR count). The summed E-state index contributed by atoms with van der Waals surface area (Å²) < 4.78 is 54.1. The molecule has 6 unspecified atom stereocenters. The first-order chi connectivity index (χ1) is 9.13. The quantitative estimate of drug-likeness (QED) is 0.580. The summed E-state index contributed by atoms with van der Waals surface area (Å²) in [5, 5.41) is -3.53. The number of fused-ring (bicyclic) bond motifs is 1. The fourth-order valence-electron chi connectivity index (χ4n) is 3.40. The van der Waals surface area contributed by atoms with Gasteiger partial charge in [-0.1, -0.05) is 0 Å². The highest BCUT2D eigenvalue weighted by molar-refractivity contribution is 7.87. The molecule has 7 nitrogen and oxygen atoms in total. The Bertz CT molecular complexity index is 584. The molecule has 2 aliphatic carbocycles. The summed E-state index contributed by atoms with van der Waals surface area (Å²) in [4.78, 5) is 23.1. The van der Waals surface area contributed by atoms with E-state index in [9.17, 15) is 22.4 Å². The van der Waals surface area contributed by atoms with E-state index in [2.05, 4.69) is 0 Å². The minimum atomic E-state index is -5.23. The SMILES string of the molecule is CC(F)(C(=O)OC1C2CC3C(=O)OC1C3C2)S(=O)(=O)O. The van der Waals surface area contributed by atoms with E-state index in [4.69, 9.17) is 14.0 Å². The monoisotopic (exact) mass is 308 g/mol. The standard InChI is InChI=1S/C11H13FO7S/c1-11(12,20(15,16)17)10(14)19-7-4-2-5-6(3-4)9(13)18-8(5)7/h4-8H,2-3H2,1H3,(H,15,16,17). The van der Waals surface area contributed by atoms with Crippen LogP contribution in [0.4, 0.5) is 4.39 Å². The van der Waals surface area contributed by atoms with Crippen LogP contribution in [0.2, 0.25) is 0 Å². The Morgan fingerprint density at radius 2 is 2.15 bits per heavy atom. The normalized spacial score (nSPS) is 41.4. The Morgan fingerprint density at radius 3 is 2.75 bits per heavy atom. The number of carbonyl (C=O) groups is 2. The second-order valence-corrected chi connectivity index (χ2v) is 7.38. The largest absolute Gasteiger partial charge is 0.458 e. The number of alkyl halides is 1. The summed E-state index contributed by atoms with van der Waals surface area (Å²) in [5.41, 5.74) is 0. The predicted octanol–water partition coefficient (Wildman–Crippen LogP) is 0.0531. The molecule has 0 amide bonds. The zero-order chi connectivity index (χ0) is 14.9. The van der Waals surface area contributed by atoms with Crippen LogP contribution in [0.1, 0.15) is 19.8 Å². The number of rotatable bonds is 3. The van der Waals surface area contributed by atoms with Crippen LogP contribution in [-0.4, -0.2) is 42.1 Å². The molecular formula is C11H13FO7S. The molecule has 0 aromatic carbocycles. The molecule has 20 heavy (non-hydrogen) atoms. The van der Waals surface area contributed by atoms with Crippen LogP contribution in [0.15, 0.2) is 0 Å². The Kier molecular flexibility index (Phi) is 2.69. The van der Waals surface area contributed by atoms with Crippen molar-refractivity contribution in [1.29, 1.82) is 0 Å². The number of hydrogen-bond donors (Lipinski definition) is 1. The number of esters is 2. The molecule has 3 aliphatic rings. The molecule has 3 fully saturated rings. The summed E-state index contributed by atoms with van der Waals surface area (Å²) in [7, 11) is -5.23. The van der Waals surface area contributed by atoms with E-state index in [1.807, 2.05) is 0 Å². The first-order valence-corrected chi connectivity index (χ1v) is 7.64. The van der Waals surface area contributed by atoms with Crippen LogP contribution in [0.3, 0.4) is 0 Å². The Hall–Kier alpha value is -1.22. The Labute approximate surface area is 114 Å². The molecule has 1 heterocycles. The van der Waals surface area contributed by atoms with E-state index in [1.54, 1.807) is 0 Å². The van der Waals surface area contributed by atoms with Gasteiger partial charge in [0.2, 0.25) is 0 Å². The van der Waals surface area contributed by atoms with Crippen molar-refractivity contribution in [3.8, 4) is 0 Å². The molecule has 9 heteroatoms. The summed E-state index contributed by atoms with van der Waals surface area (Å²) in [6, 6.07) is 0. The predicted molar refractivity (Wildman–Crippen MR) is 60.5 cm³/mol. The second kappa shape index (κ2) is 3.91. The fraction of sp³-hybridized carbons (Fsp3) is 0.818. The zero-order valence-corrected chi connectivity index (χ0v) is 11.3. The van der Waals surface area contributed by atoms with Crippen molar-refractivity contribution in [2.24, 2.45) is 17.8 Å². The summed E-state index contributed by atoms with van der Waals surface area (Å²) in [6.45, 7) is 0.418. The van der Waals surface area contributed by atoms with Gasteiger partial charge in [-0.15, -0.1) is 0 Å². The first-order valence-electron chi connectivity index (χ1n) is 6.20. The smallest absolute Gasteiger partial charge is 0.362 e. The van der Waals surface area contributed by atoms with E-state index < -0.39 is 33.3 Å². The lowest BCUT2D eigenvalue weighted by Crippen LogP contribution is -2.45. The van der Waals surface area contributed by atoms with Crippen LogP contribution in [0, 0.1) is 17.8 Å². The van der Waals surface area contributed by atoms with Gasteiger partial charge in [-0.05, 0) is 19.8 Å². The molecule has 0 aromatic rings. The molecule has 6 atom stereocenters. The van der Waals surface area contributed by atoms with Crippen LogP contribution in [0.25, 0.3) is 0 Å². The minimum absolute atomic E-state index is 0.0538. The minimum Gasteiger partial charge on any atom is -0.458 e. The average molecular weight is 308 g/mol. The van der Waals surface area contributed by atoms with Crippen molar-refractivity contribution in [2.75, 3.05) is 0 Å². The highest BCUT2D eigenvalue weighted by Crippen LogP contribution is 2.55. The van der Waals surface area contributed by atoms with Gasteiger partial charge in [-0.2, -0.15) is 8.42 Å². The van der Waals surface area contributed by atoms with Gasteiger partial charge >= 0.3 is 27.1 Å². The van der Waals surface area contributed by atoms with Crippen molar-refractivity contribution in [2.45, 2.75) is 37.0 Å². The van der Waals surface area contributed by atoms with Crippen LogP contribution < -0.4 is 0 Å². The number of carbonyl (C=O) groups excluding carboxylic acids is 2. The van der Waals surface area contributed by atoms with Crippen molar-refractivity contribution in [3.05, 3.63) is 0 Å². The third-order valence-electron chi connectivity index (χ3n) is 4.51. The molecule has 1 N–H and O–H groups in total. The van der Waals surface area contributed by atoms with E-state index >= 15 is 0 Å². The van der Waals surface area contributed by atoms with E-state index in [-0.39, 0.29) is 23.7 Å². The Balaban J connectivity index is 1.77. The molecule has 1 aliphatic heterocycles. The highest BCUT2D eigenvalue weighted by Gasteiger charge is 2.64. The second-order valence-electron chi connectivity index (χ2n) is 5.67. The molecule has 2 bridgehead atoms. The highest BCUT2D eigenvalue weighted by atomic mass is 32.2. The Morgan fingerprint density at radius 1 is 1.50 bits per heavy atom. The lowest BCUT2D eigenvalue weighted by molar-refractivity contribution is -0.168. The maximum atomic E-state index is 13.8. The third kappa shape index (κ3) is 1.69. The molecule has 1 saturated heterocycles. The van der Waals surface area contributed by atoms with Crippen molar-refractivity contribution in [1.82, 2.24) is 0 Å². The van der Waals surface area contributed by atoms with Gasteiger partial charge in [0.05, 0.1) is 5.92 Å². The lowest BCUT2D eigenvalue weighted by Gasteiger charge is -2.27. The number of hydrogen-bond acceptors (Lipinski definition) is 6. The summed E-state index contributed by atoms with van der Waals surface area (Å²) >= 11 is 0. The zero-order valence-electron chi connectivity index (χ0n) is 10.5. The first kappa shape index (κ1) is 13.7. The van der Waals surface area contributed by atoms with Gasteiger partial charge in [-0.25, -0.2) is 9.18 Å². The van der Waals surface area contributed by atoms with E-state index in [1.165, 1.54) is 0 Å². The van der Waals surface area contributed by atoms with Gasteiger partial charge in [0.1, 0.15) is 12.2 Å². The van der Waals surface area contributed by atoms with Gasteiger partial charge in [0.15, 0.2) is 0 Å². The van der Waals surface area contributed by atoms with Crippen molar-refractivity contribution < 1.29 is 36.4 Å². The van der Waals surface area contributed by atoms with Crippen molar-refractivity contribution >= 4 is 22.1 Å². The van der Waals surface area contributed by atoms with Gasteiger partial charge in [0.25, 0.3) is 0 Å². The maximum absolute atomic E-state index is 13.8.